The fourth-order valence-electron chi connectivity index (χ4n) is 6.37. The molecule has 6 aromatic rings. The van der Waals surface area contributed by atoms with Crippen molar-refractivity contribution in [2.45, 2.75) is 78.6 Å². The summed E-state index contributed by atoms with van der Waals surface area (Å²) in [6.07, 6.45) is -29.3. The molecule has 6 heterocycles. The Morgan fingerprint density at radius 2 is 0.397 bits per heavy atom. The van der Waals surface area contributed by atoms with Crippen molar-refractivity contribution in [3.63, 3.8) is 0 Å². The van der Waals surface area contributed by atoms with Crippen molar-refractivity contribution in [1.29, 1.82) is 0 Å². The Bertz CT molecular complexity index is 2110. The van der Waals surface area contributed by atoms with Gasteiger partial charge in [0.15, 0.2) is 34.2 Å². The van der Waals surface area contributed by atoms with Crippen LogP contribution in [0.3, 0.4) is 0 Å². The third-order valence-electron chi connectivity index (χ3n) is 9.24. The predicted octanol–water partition coefficient (Wildman–Crippen LogP) is 7.84. The second-order valence-corrected chi connectivity index (χ2v) is 13.9. The Kier molecular flexibility index (Phi) is 13.3. The van der Waals surface area contributed by atoms with Gasteiger partial charge in [-0.1, -0.05) is 0 Å². The molecule has 349 valence electrons. The zero-order valence-electron chi connectivity index (χ0n) is 32.3. The van der Waals surface area contributed by atoms with Gasteiger partial charge in [0.1, 0.15) is 0 Å². The van der Waals surface area contributed by atoms with Crippen LogP contribution in [0.2, 0.25) is 0 Å². The van der Waals surface area contributed by atoms with Gasteiger partial charge in [-0.05, 0) is 112 Å². The molecule has 6 rings (SSSR count). The molecule has 0 aliphatic rings. The van der Waals surface area contributed by atoms with Crippen LogP contribution in [0.1, 0.15) is 68.3 Å². The van der Waals surface area contributed by atoms with Gasteiger partial charge in [-0.15, -0.1) is 0 Å². The predicted molar refractivity (Wildman–Crippen MR) is 178 cm³/mol. The van der Waals surface area contributed by atoms with Crippen molar-refractivity contribution in [1.82, 2.24) is 58.1 Å². The van der Waals surface area contributed by atoms with E-state index >= 15 is 0 Å². The first-order chi connectivity index (χ1) is 28.0. The quantitative estimate of drug-likeness (QED) is 0.125. The molecule has 1 radical (unpaired) electrons. The standard InChI is InChI=1S/2C15H13BF9N6.Cu/c2*1-7-4-10(13(17,18)19)26-29(7)16(30-8(2)5-11(27-30)14(20,21)22)31-9(3)6-12(28-31)15(23,24)25;/h2*4-6,16H,1-3H3;/q2*-1;+2. The van der Waals surface area contributed by atoms with Crippen LogP contribution in [0.15, 0.2) is 36.4 Å². The fraction of sp³-hybridized carbons (Fsp3) is 0.400. The Hall–Kier alpha value is -5.35. The van der Waals surface area contributed by atoms with E-state index in [1.807, 2.05) is 0 Å². The van der Waals surface area contributed by atoms with Crippen molar-refractivity contribution in [3.8, 4) is 0 Å². The molecule has 0 aromatic carbocycles. The van der Waals surface area contributed by atoms with Gasteiger partial charge in [0.2, 0.25) is 0 Å². The minimum absolute atomic E-state index is 0. The van der Waals surface area contributed by atoms with E-state index < -0.39 is 85.5 Å². The first-order valence-electron chi connectivity index (χ1n) is 17.1. The van der Waals surface area contributed by atoms with Crippen molar-refractivity contribution >= 4 is 14.2 Å². The molecule has 0 aliphatic carbocycles. The van der Waals surface area contributed by atoms with Crippen LogP contribution in [0.25, 0.3) is 0 Å². The van der Waals surface area contributed by atoms with E-state index in [0.29, 0.717) is 64.0 Å². The molecule has 0 saturated carbocycles. The number of nitrogens with zero attached hydrogens (tertiary/aromatic N) is 12. The van der Waals surface area contributed by atoms with Crippen LogP contribution in [-0.4, -0.2) is 72.4 Å². The first-order valence-corrected chi connectivity index (χ1v) is 17.1. The van der Waals surface area contributed by atoms with Gasteiger partial charge in [0.25, 0.3) is 0 Å². The summed E-state index contributed by atoms with van der Waals surface area (Å²) >= 11 is 0. The van der Waals surface area contributed by atoms with Crippen LogP contribution < -0.4 is 0 Å². The third-order valence-corrected chi connectivity index (χ3v) is 9.24. The third kappa shape index (κ3) is 10.5. The van der Waals surface area contributed by atoms with E-state index in [4.69, 9.17) is 0 Å². The molecule has 33 heteroatoms. The van der Waals surface area contributed by atoms with Crippen LogP contribution in [0.5, 0.6) is 0 Å². The van der Waals surface area contributed by atoms with Crippen molar-refractivity contribution in [2.75, 3.05) is 0 Å². The van der Waals surface area contributed by atoms with Gasteiger partial charge in [-0.2, -0.15) is 79.0 Å². The van der Waals surface area contributed by atoms with Crippen LogP contribution in [0.4, 0.5) is 79.0 Å². The number of aromatic nitrogens is 12. The number of halogens is 18. The maximum atomic E-state index is 13.1. The van der Waals surface area contributed by atoms with Crippen molar-refractivity contribution in [2.24, 2.45) is 0 Å². The molecule has 0 aliphatic heterocycles. The van der Waals surface area contributed by atoms with Crippen molar-refractivity contribution in [3.05, 3.63) is 105 Å². The van der Waals surface area contributed by atoms with E-state index in [1.165, 1.54) is 41.5 Å². The second kappa shape index (κ2) is 16.6. The second-order valence-electron chi connectivity index (χ2n) is 13.9. The maximum Gasteiger partial charge on any atom is 2.00 e. The SMILES string of the molecule is Cc1cc(C(F)(F)F)nn1[BH-](n1nc(C(F)(F)F)cc1C)n1nc(C(F)(F)F)cc1C.Cc1cc(C(F)(F)F)nn1[BH-](n1nc(C(F)(F)F)cc1C)n1nc(C(F)(F)F)cc1C.[Cu+2]. The average molecular weight is 982 g/mol. The molecule has 0 bridgehead atoms. The summed E-state index contributed by atoms with van der Waals surface area (Å²) in [6.45, 7) is 7.14. The molecule has 0 amide bonds. The number of aryl methyl sites for hydroxylation is 6. The number of rotatable bonds is 6. The Morgan fingerprint density at radius 3 is 0.476 bits per heavy atom. The van der Waals surface area contributed by atoms with Crippen molar-refractivity contribution < 1.29 is 96.1 Å². The maximum absolute atomic E-state index is 13.1. The minimum atomic E-state index is -4.88. The Balaban J connectivity index is 0.000000272. The normalized spacial score (nSPS) is 13.2. The van der Waals surface area contributed by atoms with Gasteiger partial charge in [0.05, 0.1) is 0 Å². The molecule has 0 atom stereocenters. The molecule has 0 saturated heterocycles. The monoisotopic (exact) mass is 981 g/mol. The van der Waals surface area contributed by atoms with Crippen LogP contribution in [0, 0.1) is 41.5 Å². The summed E-state index contributed by atoms with van der Waals surface area (Å²) in [5.74, 6) is 0. The van der Waals surface area contributed by atoms with E-state index in [9.17, 15) is 79.0 Å². The van der Waals surface area contributed by atoms with Gasteiger partial charge >= 0.3 is 68.4 Å². The molecule has 6 aromatic heterocycles. The number of hydrogen-bond acceptors (Lipinski definition) is 6. The topological polar surface area (TPSA) is 107 Å². The molecule has 0 fully saturated rings. The Morgan fingerprint density at radius 1 is 0.286 bits per heavy atom. The fourth-order valence-corrected chi connectivity index (χ4v) is 6.37. The average Bonchev–Trinajstić information content (AvgIpc) is 3.94. The van der Waals surface area contributed by atoms with Gasteiger partial charge in [-0.25, -0.2) is 30.6 Å². The summed E-state index contributed by atoms with van der Waals surface area (Å²) in [4.78, 5) is 0. The largest absolute Gasteiger partial charge is 2.00 e. The van der Waals surface area contributed by atoms with Gasteiger partial charge in [0, 0.05) is 0 Å². The van der Waals surface area contributed by atoms with Crippen LogP contribution in [-0.2, 0) is 54.1 Å². The van der Waals surface area contributed by atoms with E-state index in [1.54, 1.807) is 0 Å². The Labute approximate surface area is 351 Å². The summed E-state index contributed by atoms with van der Waals surface area (Å²) in [6, 6.07) is 3.79. The van der Waals surface area contributed by atoms with Gasteiger partial charge < -0.3 is 27.6 Å². The molecule has 63 heavy (non-hydrogen) atoms. The molecule has 12 nitrogen and oxygen atoms in total. The summed E-state index contributed by atoms with van der Waals surface area (Å²) < 4.78 is 240. The zero-order valence-corrected chi connectivity index (χ0v) is 33.3. The molecule has 0 spiro atoms. The number of hydrogen-bond donors (Lipinski definition) is 0. The van der Waals surface area contributed by atoms with E-state index in [-0.39, 0.29) is 51.2 Å². The molecule has 0 unspecified atom stereocenters. The number of alkyl halides is 18. The minimum Gasteiger partial charge on any atom is -0.400 e. The van der Waals surface area contributed by atoms with Gasteiger partial charge in [-0.3, -0.25) is 0 Å². The zero-order chi connectivity index (χ0) is 47.0. The molecular weight excluding hydrogens is 956 g/mol. The first kappa shape index (κ1) is 50.3. The summed E-state index contributed by atoms with van der Waals surface area (Å²) in [5, 5.41) is 20.4. The van der Waals surface area contributed by atoms with E-state index in [2.05, 4.69) is 30.6 Å². The summed E-state index contributed by atoms with van der Waals surface area (Å²) in [7, 11) is -5.84. The van der Waals surface area contributed by atoms with E-state index in [0.717, 1.165) is 0 Å². The van der Waals surface area contributed by atoms with Crippen LogP contribution >= 0.6 is 0 Å². The summed E-state index contributed by atoms with van der Waals surface area (Å²) in [5.41, 5.74) is -9.06. The molecule has 0 N–H and O–H groups in total. The smallest absolute Gasteiger partial charge is 0.400 e. The molecular formula is C30H26B2CuF18N12.